The third-order valence-corrected chi connectivity index (χ3v) is 6.16. The highest BCUT2D eigenvalue weighted by atomic mass is 16.6. The number of hydrogen-bond acceptors (Lipinski definition) is 6. The molecule has 0 heterocycles. The lowest BCUT2D eigenvalue weighted by Crippen LogP contribution is -2.37. The molecule has 0 aliphatic heterocycles. The van der Waals surface area contributed by atoms with E-state index in [9.17, 15) is 4.79 Å². The van der Waals surface area contributed by atoms with E-state index in [-0.39, 0.29) is 12.7 Å². The number of rotatable bonds is 29. The van der Waals surface area contributed by atoms with Gasteiger partial charge in [0, 0.05) is 26.9 Å². The van der Waals surface area contributed by atoms with Crippen LogP contribution in [-0.2, 0) is 23.7 Å². The summed E-state index contributed by atoms with van der Waals surface area (Å²) in [5, 5.41) is 2.80. The van der Waals surface area contributed by atoms with Crippen molar-refractivity contribution in [1.29, 1.82) is 0 Å². The molecule has 216 valence electrons. The Morgan fingerprint density at radius 1 is 0.611 bits per heavy atom. The number of ether oxygens (including phenoxy) is 5. The Morgan fingerprint density at radius 3 is 1.72 bits per heavy atom. The maximum Gasteiger partial charge on any atom is 0.407 e. The van der Waals surface area contributed by atoms with Crippen LogP contribution in [0.15, 0.2) is 0 Å². The standard InChI is InChI=1S/C29H59NO6/c1-4-6-8-10-12-14-16-18-20-34-27-28(35-21-19-17-15-13-11-9-7-5-2)26-30-29(31)36-25-24-33-23-22-32-3/h28H,4-27H2,1-3H3,(H,30,31). The van der Waals surface area contributed by atoms with Crippen molar-refractivity contribution in [3.63, 3.8) is 0 Å². The maximum atomic E-state index is 12.0. The monoisotopic (exact) mass is 517 g/mol. The first-order valence-electron chi connectivity index (χ1n) is 14.9. The van der Waals surface area contributed by atoms with Gasteiger partial charge in [-0.15, -0.1) is 0 Å². The average Bonchev–Trinajstić information content (AvgIpc) is 2.88. The Labute approximate surface area is 222 Å². The summed E-state index contributed by atoms with van der Waals surface area (Å²) in [7, 11) is 1.62. The second kappa shape index (κ2) is 30.3. The van der Waals surface area contributed by atoms with Gasteiger partial charge in [-0.05, 0) is 12.8 Å². The zero-order chi connectivity index (χ0) is 26.4. The van der Waals surface area contributed by atoms with E-state index in [1.165, 1.54) is 89.9 Å². The molecule has 0 saturated heterocycles. The first kappa shape index (κ1) is 35.1. The van der Waals surface area contributed by atoms with Gasteiger partial charge in [-0.1, -0.05) is 104 Å². The quantitative estimate of drug-likeness (QED) is 0.107. The van der Waals surface area contributed by atoms with Gasteiger partial charge in [0.15, 0.2) is 0 Å². The van der Waals surface area contributed by atoms with E-state index >= 15 is 0 Å². The zero-order valence-corrected chi connectivity index (χ0v) is 24.0. The molecule has 7 heteroatoms. The van der Waals surface area contributed by atoms with Crippen LogP contribution in [0, 0.1) is 0 Å². The van der Waals surface area contributed by atoms with Crippen molar-refractivity contribution in [3.8, 4) is 0 Å². The first-order chi connectivity index (χ1) is 17.7. The van der Waals surface area contributed by atoms with Gasteiger partial charge in [0.1, 0.15) is 6.61 Å². The fourth-order valence-corrected chi connectivity index (χ4v) is 3.89. The van der Waals surface area contributed by atoms with Crippen LogP contribution in [0.5, 0.6) is 0 Å². The first-order valence-corrected chi connectivity index (χ1v) is 14.9. The molecule has 0 aromatic rings. The molecular formula is C29H59NO6. The fraction of sp³-hybridized carbons (Fsp3) is 0.966. The molecular weight excluding hydrogens is 458 g/mol. The van der Waals surface area contributed by atoms with E-state index in [1.54, 1.807) is 7.11 Å². The van der Waals surface area contributed by atoms with Crippen molar-refractivity contribution >= 4 is 6.09 Å². The lowest BCUT2D eigenvalue weighted by atomic mass is 10.1. The molecule has 0 rings (SSSR count). The number of nitrogens with one attached hydrogen (secondary N) is 1. The van der Waals surface area contributed by atoms with E-state index in [0.29, 0.717) is 39.6 Å². The van der Waals surface area contributed by atoms with Gasteiger partial charge in [0.2, 0.25) is 0 Å². The summed E-state index contributed by atoms with van der Waals surface area (Å²) < 4.78 is 27.3. The van der Waals surface area contributed by atoms with E-state index < -0.39 is 6.09 Å². The maximum absolute atomic E-state index is 12.0. The van der Waals surface area contributed by atoms with Crippen molar-refractivity contribution in [3.05, 3.63) is 0 Å². The minimum Gasteiger partial charge on any atom is -0.447 e. The molecule has 0 aliphatic carbocycles. The number of carbonyl (C=O) groups is 1. The number of hydrogen-bond donors (Lipinski definition) is 1. The number of amides is 1. The van der Waals surface area contributed by atoms with Crippen LogP contribution in [0.2, 0.25) is 0 Å². The molecule has 0 aromatic heterocycles. The lowest BCUT2D eigenvalue weighted by Gasteiger charge is -2.19. The highest BCUT2D eigenvalue weighted by molar-refractivity contribution is 5.67. The largest absolute Gasteiger partial charge is 0.447 e. The lowest BCUT2D eigenvalue weighted by molar-refractivity contribution is -0.0180. The van der Waals surface area contributed by atoms with Crippen LogP contribution in [-0.4, -0.2) is 72.1 Å². The molecule has 1 amide bonds. The van der Waals surface area contributed by atoms with Crippen molar-refractivity contribution in [2.24, 2.45) is 0 Å². The summed E-state index contributed by atoms with van der Waals surface area (Å²) in [6, 6.07) is 0. The minimum atomic E-state index is -0.450. The molecule has 0 bridgehead atoms. The van der Waals surface area contributed by atoms with E-state index in [4.69, 9.17) is 23.7 Å². The van der Waals surface area contributed by atoms with Crippen molar-refractivity contribution in [1.82, 2.24) is 5.32 Å². The number of methoxy groups -OCH3 is 1. The van der Waals surface area contributed by atoms with Crippen LogP contribution in [0.25, 0.3) is 0 Å². The van der Waals surface area contributed by atoms with Crippen molar-refractivity contribution in [2.75, 3.05) is 59.9 Å². The Morgan fingerprint density at radius 2 is 1.14 bits per heavy atom. The summed E-state index contributed by atoms with van der Waals surface area (Å²) in [5.74, 6) is 0. The van der Waals surface area contributed by atoms with Crippen LogP contribution in [0.1, 0.15) is 117 Å². The smallest absolute Gasteiger partial charge is 0.407 e. The van der Waals surface area contributed by atoms with Crippen LogP contribution in [0.3, 0.4) is 0 Å². The van der Waals surface area contributed by atoms with E-state index in [1.807, 2.05) is 0 Å². The highest BCUT2D eigenvalue weighted by Gasteiger charge is 2.12. The summed E-state index contributed by atoms with van der Waals surface area (Å²) in [5.41, 5.74) is 0. The van der Waals surface area contributed by atoms with Crippen LogP contribution >= 0.6 is 0 Å². The van der Waals surface area contributed by atoms with Crippen LogP contribution < -0.4 is 5.32 Å². The summed E-state index contributed by atoms with van der Waals surface area (Å²) >= 11 is 0. The van der Waals surface area contributed by atoms with E-state index in [2.05, 4.69) is 19.2 Å². The molecule has 1 unspecified atom stereocenters. The normalized spacial score (nSPS) is 12.1. The number of unbranched alkanes of at least 4 members (excludes halogenated alkanes) is 14. The highest BCUT2D eigenvalue weighted by Crippen LogP contribution is 2.10. The van der Waals surface area contributed by atoms with Gasteiger partial charge in [0.05, 0.1) is 32.5 Å². The van der Waals surface area contributed by atoms with Crippen LogP contribution in [0.4, 0.5) is 4.79 Å². The predicted octanol–water partition coefficient (Wildman–Crippen LogP) is 7.06. The third-order valence-electron chi connectivity index (χ3n) is 6.16. The van der Waals surface area contributed by atoms with Gasteiger partial charge in [-0.3, -0.25) is 0 Å². The van der Waals surface area contributed by atoms with Gasteiger partial charge >= 0.3 is 6.09 Å². The third kappa shape index (κ3) is 27.7. The molecule has 0 radical (unpaired) electrons. The van der Waals surface area contributed by atoms with E-state index in [0.717, 1.165) is 19.4 Å². The minimum absolute atomic E-state index is 0.158. The molecule has 36 heavy (non-hydrogen) atoms. The van der Waals surface area contributed by atoms with Crippen molar-refractivity contribution in [2.45, 2.75) is 123 Å². The molecule has 0 spiro atoms. The SMILES string of the molecule is CCCCCCCCCCOCC(CNC(=O)OCCOCCOC)OCCCCCCCCCC. The zero-order valence-electron chi connectivity index (χ0n) is 24.0. The van der Waals surface area contributed by atoms with Crippen molar-refractivity contribution < 1.29 is 28.5 Å². The Balaban J connectivity index is 4.01. The Bertz CT molecular complexity index is 438. The molecule has 0 aliphatic rings. The Hall–Kier alpha value is -0.890. The van der Waals surface area contributed by atoms with Gasteiger partial charge in [0.25, 0.3) is 0 Å². The van der Waals surface area contributed by atoms with Gasteiger partial charge in [-0.25, -0.2) is 4.79 Å². The summed E-state index contributed by atoms with van der Waals surface area (Å²) in [6.45, 7) is 8.43. The molecule has 7 nitrogen and oxygen atoms in total. The molecule has 1 atom stereocenters. The topological polar surface area (TPSA) is 75.3 Å². The second-order valence-corrected chi connectivity index (χ2v) is 9.64. The average molecular weight is 518 g/mol. The summed E-state index contributed by atoms with van der Waals surface area (Å²) in [4.78, 5) is 12.0. The molecule has 0 fully saturated rings. The molecule has 1 N–H and O–H groups in total. The number of carbonyl (C=O) groups excluding carboxylic acids is 1. The second-order valence-electron chi connectivity index (χ2n) is 9.64. The Kier molecular flexibility index (Phi) is 29.6. The predicted molar refractivity (Wildman–Crippen MR) is 148 cm³/mol. The molecule has 0 aromatic carbocycles. The summed E-state index contributed by atoms with van der Waals surface area (Å²) in [6.07, 6.45) is 19.8. The van der Waals surface area contributed by atoms with Gasteiger partial charge in [-0.2, -0.15) is 0 Å². The fourth-order valence-electron chi connectivity index (χ4n) is 3.89. The molecule has 0 saturated carbocycles. The number of alkyl carbamates (subject to hydrolysis) is 1. The van der Waals surface area contributed by atoms with Gasteiger partial charge < -0.3 is 29.0 Å².